The molecule has 2 atom stereocenters. The number of carbonyl (C=O) groups excluding carboxylic acids is 2. The van der Waals surface area contributed by atoms with Gasteiger partial charge in [0.1, 0.15) is 5.92 Å². The van der Waals surface area contributed by atoms with Crippen molar-refractivity contribution in [2.75, 3.05) is 31.6 Å². The molecule has 1 unspecified atom stereocenters. The van der Waals surface area contributed by atoms with Gasteiger partial charge >= 0.3 is 5.97 Å². The van der Waals surface area contributed by atoms with Crippen LogP contribution in [0.2, 0.25) is 0 Å². The highest BCUT2D eigenvalue weighted by Gasteiger charge is 2.29. The van der Waals surface area contributed by atoms with Gasteiger partial charge in [0.2, 0.25) is 5.91 Å². The average molecular weight is 333 g/mol. The summed E-state index contributed by atoms with van der Waals surface area (Å²) >= 11 is 0. The number of amides is 1. The molecule has 2 rings (SSSR count). The Hall–Kier alpha value is -1.88. The van der Waals surface area contributed by atoms with Crippen molar-refractivity contribution in [2.45, 2.75) is 40.0 Å². The average Bonchev–Trinajstić information content (AvgIpc) is 2.57. The number of benzene rings is 1. The van der Waals surface area contributed by atoms with Gasteiger partial charge in [-0.15, -0.1) is 0 Å². The molecule has 1 amide bonds. The molecule has 1 fully saturated rings. The second kappa shape index (κ2) is 8.83. The maximum atomic E-state index is 12.2. The Labute approximate surface area is 144 Å². The molecule has 24 heavy (non-hydrogen) atoms. The van der Waals surface area contributed by atoms with Gasteiger partial charge in [0.05, 0.1) is 32.7 Å². The zero-order valence-electron chi connectivity index (χ0n) is 15.0. The number of ether oxygens (including phenoxy) is 1. The number of likely N-dealkylation sites (tertiary alicyclic amines) is 1. The molecule has 1 aromatic carbocycles. The van der Waals surface area contributed by atoms with Crippen molar-refractivity contribution >= 4 is 17.6 Å². The van der Waals surface area contributed by atoms with Crippen molar-refractivity contribution in [2.24, 2.45) is 5.92 Å². The molecule has 0 radical (unpaired) electrons. The highest BCUT2D eigenvalue weighted by Crippen LogP contribution is 2.16. The SMILES string of the molecule is CCOC(=O)[C@@H]1CCC[NH+](CCC(=O)Nc2cc(C)ccc2C)C1. The van der Waals surface area contributed by atoms with E-state index in [1.807, 2.05) is 39.0 Å². The third kappa shape index (κ3) is 5.34. The smallest absolute Gasteiger partial charge is 0.314 e. The summed E-state index contributed by atoms with van der Waals surface area (Å²) in [6.45, 7) is 8.83. The lowest BCUT2D eigenvalue weighted by atomic mass is 9.98. The van der Waals surface area contributed by atoms with Crippen molar-refractivity contribution in [3.8, 4) is 0 Å². The van der Waals surface area contributed by atoms with E-state index in [2.05, 4.69) is 5.32 Å². The highest BCUT2D eigenvalue weighted by atomic mass is 16.5. The van der Waals surface area contributed by atoms with E-state index in [-0.39, 0.29) is 17.8 Å². The summed E-state index contributed by atoms with van der Waals surface area (Å²) < 4.78 is 5.13. The van der Waals surface area contributed by atoms with E-state index in [0.717, 1.165) is 49.3 Å². The topological polar surface area (TPSA) is 59.8 Å². The zero-order chi connectivity index (χ0) is 17.5. The van der Waals surface area contributed by atoms with Crippen molar-refractivity contribution in [1.29, 1.82) is 0 Å². The van der Waals surface area contributed by atoms with Crippen LogP contribution in [0.15, 0.2) is 18.2 Å². The van der Waals surface area contributed by atoms with Crippen LogP contribution in [0, 0.1) is 19.8 Å². The van der Waals surface area contributed by atoms with Crippen LogP contribution < -0.4 is 10.2 Å². The largest absolute Gasteiger partial charge is 0.466 e. The molecule has 1 saturated heterocycles. The monoisotopic (exact) mass is 333 g/mol. The van der Waals surface area contributed by atoms with Crippen LogP contribution in [-0.4, -0.2) is 38.1 Å². The Balaban J connectivity index is 1.81. The number of aryl methyl sites for hydroxylation is 2. The lowest BCUT2D eigenvalue weighted by molar-refractivity contribution is -0.906. The van der Waals surface area contributed by atoms with Gasteiger partial charge in [0, 0.05) is 5.69 Å². The minimum atomic E-state index is -0.0884. The summed E-state index contributed by atoms with van der Waals surface area (Å²) in [6.07, 6.45) is 2.38. The first-order valence-corrected chi connectivity index (χ1v) is 8.87. The number of carbonyl (C=O) groups is 2. The Morgan fingerprint density at radius 2 is 2.12 bits per heavy atom. The summed E-state index contributed by atoms with van der Waals surface area (Å²) in [5.41, 5.74) is 3.09. The molecule has 0 aliphatic carbocycles. The Bertz CT molecular complexity index is 586. The Kier molecular flexibility index (Phi) is 6.79. The molecule has 0 spiro atoms. The lowest BCUT2D eigenvalue weighted by Gasteiger charge is -2.28. The molecule has 132 valence electrons. The van der Waals surface area contributed by atoms with E-state index in [4.69, 9.17) is 4.74 Å². The number of quaternary nitrogens is 1. The molecule has 2 N–H and O–H groups in total. The molecule has 1 heterocycles. The summed E-state index contributed by atoms with van der Waals surface area (Å²) in [5, 5.41) is 3.00. The summed E-state index contributed by atoms with van der Waals surface area (Å²) in [5.74, 6) is -0.0697. The van der Waals surface area contributed by atoms with E-state index in [9.17, 15) is 9.59 Å². The van der Waals surface area contributed by atoms with Crippen molar-refractivity contribution < 1.29 is 19.2 Å². The number of anilines is 1. The molecule has 5 heteroatoms. The molecule has 0 bridgehead atoms. The van der Waals surface area contributed by atoms with Crippen LogP contribution in [0.5, 0.6) is 0 Å². The van der Waals surface area contributed by atoms with E-state index >= 15 is 0 Å². The Morgan fingerprint density at radius 1 is 1.33 bits per heavy atom. The molecule has 5 nitrogen and oxygen atoms in total. The second-order valence-electron chi connectivity index (χ2n) is 6.66. The lowest BCUT2D eigenvalue weighted by Crippen LogP contribution is -3.13. The number of nitrogens with one attached hydrogen (secondary N) is 2. The van der Waals surface area contributed by atoms with Gasteiger partial charge in [-0.3, -0.25) is 9.59 Å². The fourth-order valence-electron chi connectivity index (χ4n) is 3.21. The highest BCUT2D eigenvalue weighted by molar-refractivity contribution is 5.91. The van der Waals surface area contributed by atoms with E-state index in [1.54, 1.807) is 0 Å². The van der Waals surface area contributed by atoms with E-state index < -0.39 is 0 Å². The fraction of sp³-hybridized carbons (Fsp3) is 0.579. The van der Waals surface area contributed by atoms with E-state index in [0.29, 0.717) is 13.0 Å². The molecule has 1 aliphatic heterocycles. The molecule has 0 saturated carbocycles. The van der Waals surface area contributed by atoms with Crippen LogP contribution in [0.4, 0.5) is 5.69 Å². The van der Waals surface area contributed by atoms with Crippen LogP contribution in [-0.2, 0) is 14.3 Å². The quantitative estimate of drug-likeness (QED) is 0.776. The predicted octanol–water partition coefficient (Wildman–Crippen LogP) is 1.49. The van der Waals surface area contributed by atoms with Gasteiger partial charge in [0.25, 0.3) is 0 Å². The predicted molar refractivity (Wildman–Crippen MR) is 94.1 cm³/mol. The summed E-state index contributed by atoms with van der Waals surface area (Å²) in [7, 11) is 0. The molecule has 0 aromatic heterocycles. The summed E-state index contributed by atoms with van der Waals surface area (Å²) in [6, 6.07) is 6.06. The number of esters is 1. The van der Waals surface area contributed by atoms with Crippen molar-refractivity contribution in [3.05, 3.63) is 29.3 Å². The van der Waals surface area contributed by atoms with Gasteiger partial charge in [-0.05, 0) is 50.8 Å². The third-order valence-corrected chi connectivity index (χ3v) is 4.61. The zero-order valence-corrected chi connectivity index (χ0v) is 15.0. The molecular weight excluding hydrogens is 304 g/mol. The van der Waals surface area contributed by atoms with Gasteiger partial charge in [-0.25, -0.2) is 0 Å². The number of rotatable bonds is 6. The van der Waals surface area contributed by atoms with Gasteiger partial charge in [-0.2, -0.15) is 0 Å². The first-order valence-electron chi connectivity index (χ1n) is 8.87. The van der Waals surface area contributed by atoms with E-state index in [1.165, 1.54) is 4.90 Å². The summed E-state index contributed by atoms with van der Waals surface area (Å²) in [4.78, 5) is 25.4. The normalized spacial score (nSPS) is 20.5. The second-order valence-corrected chi connectivity index (χ2v) is 6.66. The van der Waals surface area contributed by atoms with Crippen LogP contribution >= 0.6 is 0 Å². The standard InChI is InChI=1S/C19H28N2O3/c1-4-24-19(23)16-6-5-10-21(13-16)11-9-18(22)20-17-12-14(2)7-8-15(17)3/h7-8,12,16H,4-6,9-11,13H2,1-3H3,(H,20,22)/p+1/t16-/m1/s1. The molecular formula is C19H29N2O3+. The maximum absolute atomic E-state index is 12.2. The Morgan fingerprint density at radius 3 is 2.88 bits per heavy atom. The number of hydrogen-bond donors (Lipinski definition) is 2. The van der Waals surface area contributed by atoms with Crippen LogP contribution in [0.1, 0.15) is 37.3 Å². The van der Waals surface area contributed by atoms with Gasteiger partial charge in [-0.1, -0.05) is 12.1 Å². The minimum absolute atomic E-state index is 0.0178. The van der Waals surface area contributed by atoms with Gasteiger partial charge in [0.15, 0.2) is 0 Å². The third-order valence-electron chi connectivity index (χ3n) is 4.61. The number of piperidine rings is 1. The maximum Gasteiger partial charge on any atom is 0.314 e. The fourth-order valence-corrected chi connectivity index (χ4v) is 3.21. The van der Waals surface area contributed by atoms with Crippen LogP contribution in [0.3, 0.4) is 0 Å². The minimum Gasteiger partial charge on any atom is -0.466 e. The first kappa shape index (κ1) is 18.5. The molecule has 1 aliphatic rings. The van der Waals surface area contributed by atoms with Crippen molar-refractivity contribution in [1.82, 2.24) is 0 Å². The van der Waals surface area contributed by atoms with Crippen molar-refractivity contribution in [3.63, 3.8) is 0 Å². The first-order chi connectivity index (χ1) is 11.5. The molecule has 1 aromatic rings. The van der Waals surface area contributed by atoms with Crippen LogP contribution in [0.25, 0.3) is 0 Å². The van der Waals surface area contributed by atoms with Gasteiger partial charge < -0.3 is 15.0 Å². The number of hydrogen-bond acceptors (Lipinski definition) is 3.